The summed E-state index contributed by atoms with van der Waals surface area (Å²) in [4.78, 5) is 14.2. The number of rotatable bonds is 3. The highest BCUT2D eigenvalue weighted by molar-refractivity contribution is 6.01. The maximum atomic E-state index is 14.4. The second kappa shape index (κ2) is 6.76. The fraction of sp³-hybridized carbons (Fsp3) is 0.333. The van der Waals surface area contributed by atoms with Crippen LogP contribution in [0.1, 0.15) is 53.8 Å². The molecule has 1 aliphatic carbocycles. The monoisotopic (exact) mass is 369 g/mol. The lowest BCUT2D eigenvalue weighted by Crippen LogP contribution is -2.54. The van der Waals surface area contributed by atoms with Crippen molar-refractivity contribution in [2.24, 2.45) is 0 Å². The van der Waals surface area contributed by atoms with Gasteiger partial charge in [-0.25, -0.2) is 8.78 Å². The lowest BCUT2D eigenvalue weighted by atomic mass is 9.78. The van der Waals surface area contributed by atoms with E-state index < -0.39 is 23.6 Å². The van der Waals surface area contributed by atoms with Crippen molar-refractivity contribution in [2.75, 3.05) is 7.05 Å². The van der Waals surface area contributed by atoms with Crippen molar-refractivity contribution in [3.8, 4) is 0 Å². The number of carbonyl (C=O) groups excluding carboxylic acids is 1. The van der Waals surface area contributed by atoms with E-state index in [1.54, 1.807) is 0 Å². The first-order valence-corrected chi connectivity index (χ1v) is 9.13. The minimum atomic E-state index is -0.767. The molecule has 2 atom stereocenters. The number of guanidine groups is 1. The quantitative estimate of drug-likeness (QED) is 0.857. The molecule has 140 valence electrons. The molecule has 4 nitrogen and oxygen atoms in total. The zero-order chi connectivity index (χ0) is 19.1. The molecule has 1 saturated heterocycles. The molecule has 2 N–H and O–H groups in total. The fourth-order valence-electron chi connectivity index (χ4n) is 3.85. The molecule has 0 unspecified atom stereocenters. The number of nitrogens with one attached hydrogen (secondary N) is 2. The lowest BCUT2D eigenvalue weighted by molar-refractivity contribution is -0.130. The highest BCUT2D eigenvalue weighted by Gasteiger charge is 2.40. The summed E-state index contributed by atoms with van der Waals surface area (Å²) in [5.74, 6) is -1.90. The summed E-state index contributed by atoms with van der Waals surface area (Å²) in [6.07, 6.45) is 3.62. The number of hydrogen-bond donors (Lipinski definition) is 2. The predicted octanol–water partition coefficient (Wildman–Crippen LogP) is 4.05. The van der Waals surface area contributed by atoms with Crippen molar-refractivity contribution in [1.82, 2.24) is 10.2 Å². The summed E-state index contributed by atoms with van der Waals surface area (Å²) in [5, 5.41) is 10.9. The van der Waals surface area contributed by atoms with E-state index in [-0.39, 0.29) is 17.4 Å². The third-order valence-corrected chi connectivity index (χ3v) is 5.73. The largest absolute Gasteiger partial charge is 0.348 e. The maximum absolute atomic E-state index is 14.4. The van der Waals surface area contributed by atoms with Crippen LogP contribution in [0, 0.1) is 17.0 Å². The Bertz CT molecular complexity index is 893. The van der Waals surface area contributed by atoms with E-state index in [1.807, 2.05) is 24.3 Å². The minimum Gasteiger partial charge on any atom is -0.348 e. The van der Waals surface area contributed by atoms with Crippen molar-refractivity contribution in [3.05, 3.63) is 70.8 Å². The van der Waals surface area contributed by atoms with Crippen LogP contribution in [-0.4, -0.2) is 23.8 Å². The SMILES string of the molecule is CN1C(=N)N[C@H](c2ccc(F)cc2F)[C@@H](c2ccc(C3CCC3)cc2)C1=O. The molecule has 0 aromatic heterocycles. The van der Waals surface area contributed by atoms with Crippen LogP contribution >= 0.6 is 0 Å². The Hall–Kier alpha value is -2.76. The number of hydrogen-bond acceptors (Lipinski definition) is 2. The summed E-state index contributed by atoms with van der Waals surface area (Å²) in [6.45, 7) is 0. The molecule has 1 heterocycles. The summed E-state index contributed by atoms with van der Waals surface area (Å²) in [6, 6.07) is 10.4. The minimum absolute atomic E-state index is 0.101. The third-order valence-electron chi connectivity index (χ3n) is 5.73. The molecule has 1 amide bonds. The molecule has 4 rings (SSSR count). The van der Waals surface area contributed by atoms with Crippen LogP contribution in [0.4, 0.5) is 8.78 Å². The van der Waals surface area contributed by atoms with Gasteiger partial charge in [0.15, 0.2) is 5.96 Å². The van der Waals surface area contributed by atoms with E-state index in [9.17, 15) is 13.6 Å². The van der Waals surface area contributed by atoms with Gasteiger partial charge in [-0.15, -0.1) is 0 Å². The van der Waals surface area contributed by atoms with Gasteiger partial charge in [-0.1, -0.05) is 36.8 Å². The highest BCUT2D eigenvalue weighted by atomic mass is 19.1. The van der Waals surface area contributed by atoms with Gasteiger partial charge in [0, 0.05) is 18.7 Å². The third kappa shape index (κ3) is 3.09. The Balaban J connectivity index is 1.73. The summed E-state index contributed by atoms with van der Waals surface area (Å²) < 4.78 is 27.8. The summed E-state index contributed by atoms with van der Waals surface area (Å²) in [7, 11) is 1.52. The van der Waals surface area contributed by atoms with Gasteiger partial charge in [0.1, 0.15) is 11.6 Å². The topological polar surface area (TPSA) is 56.2 Å². The standard InChI is InChI=1S/C21H21F2N3O/c1-26-20(27)18(14-7-5-13(6-8-14)12-3-2-4-12)19(25-21(26)24)16-10-9-15(22)11-17(16)23/h5-12,18-19H,2-4H2,1H3,(H2,24,25)/t18-,19-/m1/s1. The van der Waals surface area contributed by atoms with E-state index >= 15 is 0 Å². The van der Waals surface area contributed by atoms with Crippen LogP contribution in [0.3, 0.4) is 0 Å². The molecule has 1 saturated carbocycles. The van der Waals surface area contributed by atoms with Crippen LogP contribution in [-0.2, 0) is 4.79 Å². The van der Waals surface area contributed by atoms with Gasteiger partial charge >= 0.3 is 0 Å². The molecule has 2 aliphatic rings. The van der Waals surface area contributed by atoms with Crippen LogP contribution in [0.15, 0.2) is 42.5 Å². The molecule has 2 aromatic carbocycles. The van der Waals surface area contributed by atoms with Gasteiger partial charge in [0.2, 0.25) is 5.91 Å². The number of carbonyl (C=O) groups is 1. The van der Waals surface area contributed by atoms with Gasteiger partial charge < -0.3 is 5.32 Å². The van der Waals surface area contributed by atoms with Crippen LogP contribution in [0.5, 0.6) is 0 Å². The van der Waals surface area contributed by atoms with Crippen molar-refractivity contribution in [2.45, 2.75) is 37.1 Å². The van der Waals surface area contributed by atoms with Crippen molar-refractivity contribution in [1.29, 1.82) is 5.41 Å². The van der Waals surface area contributed by atoms with E-state index in [2.05, 4.69) is 5.32 Å². The number of likely N-dealkylation sites (N-methyl/N-ethyl adjacent to an activating group) is 1. The smallest absolute Gasteiger partial charge is 0.239 e. The number of halogens is 2. The fourth-order valence-corrected chi connectivity index (χ4v) is 3.85. The van der Waals surface area contributed by atoms with E-state index in [4.69, 9.17) is 5.41 Å². The first kappa shape index (κ1) is 17.6. The summed E-state index contributed by atoms with van der Waals surface area (Å²) in [5.41, 5.74) is 2.19. The van der Waals surface area contributed by atoms with Crippen molar-refractivity contribution >= 4 is 11.9 Å². The maximum Gasteiger partial charge on any atom is 0.239 e. The molecule has 2 fully saturated rings. The van der Waals surface area contributed by atoms with Crippen LogP contribution in [0.2, 0.25) is 0 Å². The molecular weight excluding hydrogens is 348 g/mol. The first-order valence-electron chi connectivity index (χ1n) is 9.13. The second-order valence-electron chi connectivity index (χ2n) is 7.31. The summed E-state index contributed by atoms with van der Waals surface area (Å²) >= 11 is 0. The molecule has 6 heteroatoms. The van der Waals surface area contributed by atoms with Gasteiger partial charge in [0.25, 0.3) is 0 Å². The molecule has 0 bridgehead atoms. The first-order chi connectivity index (χ1) is 13.0. The molecule has 1 aliphatic heterocycles. The Morgan fingerprint density at radius 3 is 2.33 bits per heavy atom. The second-order valence-corrected chi connectivity index (χ2v) is 7.31. The number of amides is 1. The Labute approximate surface area is 156 Å². The predicted molar refractivity (Wildman–Crippen MR) is 98.5 cm³/mol. The van der Waals surface area contributed by atoms with Crippen LogP contribution < -0.4 is 5.32 Å². The highest BCUT2D eigenvalue weighted by Crippen LogP contribution is 2.39. The molecule has 0 radical (unpaired) electrons. The van der Waals surface area contributed by atoms with E-state index in [0.29, 0.717) is 5.92 Å². The van der Waals surface area contributed by atoms with Gasteiger partial charge in [-0.05, 0) is 36.0 Å². The number of benzene rings is 2. The average molecular weight is 369 g/mol. The molecular formula is C21H21F2N3O. The zero-order valence-electron chi connectivity index (χ0n) is 15.0. The van der Waals surface area contributed by atoms with Crippen molar-refractivity contribution < 1.29 is 13.6 Å². The van der Waals surface area contributed by atoms with Gasteiger partial charge in [-0.3, -0.25) is 15.1 Å². The Morgan fingerprint density at radius 1 is 1.07 bits per heavy atom. The molecule has 27 heavy (non-hydrogen) atoms. The zero-order valence-corrected chi connectivity index (χ0v) is 15.0. The van der Waals surface area contributed by atoms with Gasteiger partial charge in [-0.2, -0.15) is 0 Å². The lowest BCUT2D eigenvalue weighted by Gasteiger charge is -2.38. The molecule has 0 spiro atoms. The van der Waals surface area contributed by atoms with Crippen molar-refractivity contribution in [3.63, 3.8) is 0 Å². The van der Waals surface area contributed by atoms with E-state index in [0.717, 1.165) is 11.6 Å². The van der Waals surface area contributed by atoms with E-state index in [1.165, 1.54) is 48.9 Å². The Kier molecular flexibility index (Phi) is 4.42. The molecule has 2 aromatic rings. The Morgan fingerprint density at radius 2 is 1.74 bits per heavy atom. The van der Waals surface area contributed by atoms with Crippen LogP contribution in [0.25, 0.3) is 0 Å². The number of nitrogens with zero attached hydrogens (tertiary/aromatic N) is 1. The normalized spacial score (nSPS) is 23.1. The van der Waals surface area contributed by atoms with Gasteiger partial charge in [0.05, 0.1) is 12.0 Å². The average Bonchev–Trinajstić information content (AvgIpc) is 2.59.